The molecule has 3 rings (SSSR count). The van der Waals surface area contributed by atoms with E-state index in [2.05, 4.69) is 20.0 Å². The Balaban J connectivity index is 1.96. The third-order valence-corrected chi connectivity index (χ3v) is 4.54. The van der Waals surface area contributed by atoms with Crippen LogP contribution in [0.2, 0.25) is 0 Å². The van der Waals surface area contributed by atoms with E-state index < -0.39 is 10.0 Å². The highest BCUT2D eigenvalue weighted by atomic mass is 32.2. The van der Waals surface area contributed by atoms with Crippen LogP contribution in [0.25, 0.3) is 10.9 Å². The fraction of sp³-hybridized carbons (Fsp3) is 0.222. The number of hydrogen-bond donors (Lipinski definition) is 2. The van der Waals surface area contributed by atoms with Crippen LogP contribution in [-0.4, -0.2) is 24.6 Å². The Morgan fingerprint density at radius 2 is 1.81 bits per heavy atom. The van der Waals surface area contributed by atoms with Crippen molar-refractivity contribution >= 4 is 26.7 Å². The van der Waals surface area contributed by atoms with Crippen molar-refractivity contribution in [2.24, 2.45) is 0 Å². The van der Waals surface area contributed by atoms with Crippen LogP contribution in [0.1, 0.15) is 17.0 Å². The summed E-state index contributed by atoms with van der Waals surface area (Å²) in [5.74, 6) is 0.578. The highest BCUT2D eigenvalue weighted by Crippen LogP contribution is 2.24. The summed E-state index contributed by atoms with van der Waals surface area (Å²) in [6, 6.07) is 12.2. The number of aromatic nitrogens is 2. The first-order valence-electron chi connectivity index (χ1n) is 8.01. The van der Waals surface area contributed by atoms with Gasteiger partial charge in [0.2, 0.25) is 10.0 Å². The fourth-order valence-electron chi connectivity index (χ4n) is 2.57. The highest BCUT2D eigenvalue weighted by Gasteiger charge is 2.11. The number of benzene rings is 2. The maximum Gasteiger partial charge on any atom is 0.209 e. The van der Waals surface area contributed by atoms with Gasteiger partial charge in [-0.3, -0.25) is 0 Å². The van der Waals surface area contributed by atoms with Crippen LogP contribution in [0.15, 0.2) is 42.5 Å². The summed E-state index contributed by atoms with van der Waals surface area (Å²) in [6.45, 7) is 2.16. The van der Waals surface area contributed by atoms with Crippen LogP contribution >= 0.6 is 0 Å². The first-order chi connectivity index (χ1) is 12.3. The van der Waals surface area contributed by atoms with E-state index in [1.165, 1.54) is 6.07 Å². The van der Waals surface area contributed by atoms with E-state index in [-0.39, 0.29) is 18.9 Å². The third-order valence-electron chi connectivity index (χ3n) is 3.87. The fourth-order valence-corrected chi connectivity index (χ4v) is 2.96. The van der Waals surface area contributed by atoms with E-state index in [4.69, 9.17) is 0 Å². The second-order valence-corrected chi connectivity index (χ2v) is 7.83. The van der Waals surface area contributed by atoms with Crippen molar-refractivity contribution in [2.45, 2.75) is 20.0 Å². The molecule has 0 aliphatic carbocycles. The Kier molecular flexibility index (Phi) is 5.15. The number of para-hydroxylation sites is 1. The van der Waals surface area contributed by atoms with Crippen molar-refractivity contribution in [2.75, 3.05) is 11.6 Å². The van der Waals surface area contributed by atoms with Gasteiger partial charge in [-0.05, 0) is 24.6 Å². The van der Waals surface area contributed by atoms with E-state index in [0.717, 1.165) is 22.7 Å². The van der Waals surface area contributed by atoms with Crippen molar-refractivity contribution in [3.63, 3.8) is 0 Å². The molecule has 26 heavy (non-hydrogen) atoms. The number of hydrogen-bond acceptors (Lipinski definition) is 5. The highest BCUT2D eigenvalue weighted by molar-refractivity contribution is 7.88. The van der Waals surface area contributed by atoms with E-state index in [9.17, 15) is 12.8 Å². The van der Waals surface area contributed by atoms with Gasteiger partial charge in [0.05, 0.1) is 18.3 Å². The minimum atomic E-state index is -3.36. The summed E-state index contributed by atoms with van der Waals surface area (Å²) in [5, 5.41) is 3.94. The van der Waals surface area contributed by atoms with E-state index in [0.29, 0.717) is 17.2 Å². The Morgan fingerprint density at radius 1 is 1.04 bits per heavy atom. The van der Waals surface area contributed by atoms with Gasteiger partial charge in [-0.25, -0.2) is 27.5 Å². The largest absolute Gasteiger partial charge is 0.365 e. The molecule has 0 saturated heterocycles. The van der Waals surface area contributed by atoms with Gasteiger partial charge in [0.15, 0.2) is 0 Å². The number of anilines is 1. The van der Waals surface area contributed by atoms with Gasteiger partial charge in [0.1, 0.15) is 17.5 Å². The molecule has 0 saturated carbocycles. The quantitative estimate of drug-likeness (QED) is 0.693. The van der Waals surface area contributed by atoms with Gasteiger partial charge < -0.3 is 5.32 Å². The summed E-state index contributed by atoms with van der Waals surface area (Å²) >= 11 is 0. The number of nitrogens with one attached hydrogen (secondary N) is 2. The molecule has 3 aromatic rings. The average Bonchev–Trinajstić information content (AvgIpc) is 2.59. The maximum absolute atomic E-state index is 13.9. The summed E-state index contributed by atoms with van der Waals surface area (Å²) in [5.41, 5.74) is 2.19. The molecule has 0 aliphatic rings. The number of aryl methyl sites for hydroxylation is 1. The maximum atomic E-state index is 13.9. The standard InChI is InChI=1S/C18H19FN4O2S/c1-12-6-5-8-14-17(12)22-16(11-21-26(2,24)25)23-18(14)20-10-13-7-3-4-9-15(13)19/h3-9,21H,10-11H2,1-2H3,(H,20,22,23). The van der Waals surface area contributed by atoms with Gasteiger partial charge in [-0.2, -0.15) is 0 Å². The van der Waals surface area contributed by atoms with Gasteiger partial charge in [-0.1, -0.05) is 30.3 Å². The zero-order chi connectivity index (χ0) is 18.7. The first kappa shape index (κ1) is 18.2. The molecule has 136 valence electrons. The SMILES string of the molecule is Cc1cccc2c(NCc3ccccc3F)nc(CNS(C)(=O)=O)nc12. The molecule has 0 spiro atoms. The van der Waals surface area contributed by atoms with Crippen molar-refractivity contribution in [1.82, 2.24) is 14.7 Å². The molecule has 1 heterocycles. The normalized spacial score (nSPS) is 11.7. The predicted octanol–water partition coefficient (Wildman–Crippen LogP) is 2.74. The monoisotopic (exact) mass is 374 g/mol. The average molecular weight is 374 g/mol. The molecule has 2 aromatic carbocycles. The van der Waals surface area contributed by atoms with Crippen LogP contribution in [-0.2, 0) is 23.1 Å². The van der Waals surface area contributed by atoms with Gasteiger partial charge in [-0.15, -0.1) is 0 Å². The summed E-state index contributed by atoms with van der Waals surface area (Å²) < 4.78 is 38.9. The molecular weight excluding hydrogens is 355 g/mol. The predicted molar refractivity (Wildman–Crippen MR) is 99.7 cm³/mol. The number of nitrogens with zero attached hydrogens (tertiary/aromatic N) is 2. The molecule has 2 N–H and O–H groups in total. The van der Waals surface area contributed by atoms with Crippen molar-refractivity contribution in [3.05, 3.63) is 65.2 Å². The van der Waals surface area contributed by atoms with Crippen LogP contribution < -0.4 is 10.0 Å². The number of halogens is 1. The first-order valence-corrected chi connectivity index (χ1v) is 9.91. The molecule has 0 bridgehead atoms. The molecule has 0 fully saturated rings. The Hall–Kier alpha value is -2.58. The molecular formula is C18H19FN4O2S. The number of sulfonamides is 1. The zero-order valence-electron chi connectivity index (χ0n) is 14.5. The summed E-state index contributed by atoms with van der Waals surface area (Å²) in [7, 11) is -3.36. The molecule has 6 nitrogen and oxygen atoms in total. The molecule has 0 aliphatic heterocycles. The van der Waals surface area contributed by atoms with Gasteiger partial charge in [0.25, 0.3) is 0 Å². The molecule has 0 radical (unpaired) electrons. The third kappa shape index (κ3) is 4.33. The number of rotatable bonds is 6. The van der Waals surface area contributed by atoms with Crippen LogP contribution in [0, 0.1) is 12.7 Å². The Labute approximate surface area is 151 Å². The molecule has 0 atom stereocenters. The lowest BCUT2D eigenvalue weighted by Crippen LogP contribution is -2.23. The minimum absolute atomic E-state index is 0.0164. The van der Waals surface area contributed by atoms with Crippen molar-refractivity contribution in [3.8, 4) is 0 Å². The van der Waals surface area contributed by atoms with Crippen molar-refractivity contribution < 1.29 is 12.8 Å². The number of fused-ring (bicyclic) bond motifs is 1. The molecule has 0 unspecified atom stereocenters. The smallest absolute Gasteiger partial charge is 0.209 e. The minimum Gasteiger partial charge on any atom is -0.365 e. The van der Waals surface area contributed by atoms with Gasteiger partial charge >= 0.3 is 0 Å². The van der Waals surface area contributed by atoms with E-state index in [1.807, 2.05) is 25.1 Å². The van der Waals surface area contributed by atoms with Crippen LogP contribution in [0.3, 0.4) is 0 Å². The van der Waals surface area contributed by atoms with Crippen molar-refractivity contribution in [1.29, 1.82) is 0 Å². The molecule has 0 amide bonds. The second kappa shape index (κ2) is 7.35. The Bertz CT molecular complexity index is 1050. The molecule has 1 aromatic heterocycles. The lowest BCUT2D eigenvalue weighted by atomic mass is 10.1. The lowest BCUT2D eigenvalue weighted by molar-refractivity contribution is 0.585. The lowest BCUT2D eigenvalue weighted by Gasteiger charge is -2.12. The van der Waals surface area contributed by atoms with E-state index >= 15 is 0 Å². The van der Waals surface area contributed by atoms with Gasteiger partial charge in [0, 0.05) is 17.5 Å². The van der Waals surface area contributed by atoms with E-state index in [1.54, 1.807) is 18.2 Å². The summed E-state index contributed by atoms with van der Waals surface area (Å²) in [4.78, 5) is 8.88. The summed E-state index contributed by atoms with van der Waals surface area (Å²) in [6.07, 6.45) is 1.08. The molecule has 8 heteroatoms. The second-order valence-electron chi connectivity index (χ2n) is 6.00. The zero-order valence-corrected chi connectivity index (χ0v) is 15.3. The Morgan fingerprint density at radius 3 is 2.54 bits per heavy atom. The van der Waals surface area contributed by atoms with Crippen LogP contribution in [0.5, 0.6) is 0 Å². The van der Waals surface area contributed by atoms with Crippen LogP contribution in [0.4, 0.5) is 10.2 Å². The topological polar surface area (TPSA) is 84.0 Å².